The molecule has 2 amide bonds. The van der Waals surface area contributed by atoms with Gasteiger partial charge in [0.25, 0.3) is 11.8 Å². The first kappa shape index (κ1) is 24.9. The number of amides is 2. The van der Waals surface area contributed by atoms with Crippen molar-refractivity contribution in [3.05, 3.63) is 82.7 Å². The Kier molecular flexibility index (Phi) is 7.59. The van der Waals surface area contributed by atoms with Crippen LogP contribution in [0.2, 0.25) is 0 Å². The normalized spacial score (nSPS) is 13.8. The van der Waals surface area contributed by atoms with E-state index in [1.807, 2.05) is 49.9 Å². The number of nitrogens with one attached hydrogen (secondary N) is 2. The fourth-order valence-corrected chi connectivity index (χ4v) is 4.27. The standard InChI is InChI=1S/C28H30N6O2/c1-18(2)31-25-11-9-23(17-30-25)27(35)33-26-19(3)4-10-24(32-26)28(36)34-14-12-22(13-15-34)21-7-5-20(16-29)6-8-21/h4-11,17-18,22H,12-15H2,1-3H3,(H,30,31)(H,32,33,35). The van der Waals surface area contributed by atoms with Crippen LogP contribution >= 0.6 is 0 Å². The van der Waals surface area contributed by atoms with E-state index in [0.29, 0.717) is 47.5 Å². The van der Waals surface area contributed by atoms with Crippen molar-refractivity contribution in [1.82, 2.24) is 14.9 Å². The number of piperidine rings is 1. The topological polar surface area (TPSA) is 111 Å². The van der Waals surface area contributed by atoms with Crippen molar-refractivity contribution in [1.29, 1.82) is 5.26 Å². The zero-order valence-electron chi connectivity index (χ0n) is 20.8. The largest absolute Gasteiger partial charge is 0.368 e. The van der Waals surface area contributed by atoms with Crippen LogP contribution in [0.5, 0.6) is 0 Å². The maximum atomic E-state index is 13.2. The molecule has 4 rings (SSSR count). The van der Waals surface area contributed by atoms with E-state index in [-0.39, 0.29) is 17.9 Å². The number of aryl methyl sites for hydroxylation is 1. The van der Waals surface area contributed by atoms with Gasteiger partial charge < -0.3 is 15.5 Å². The third-order valence-electron chi connectivity index (χ3n) is 6.30. The number of hydrogen-bond donors (Lipinski definition) is 2. The summed E-state index contributed by atoms with van der Waals surface area (Å²) in [7, 11) is 0. The molecule has 3 aromatic rings. The van der Waals surface area contributed by atoms with Crippen molar-refractivity contribution >= 4 is 23.5 Å². The lowest BCUT2D eigenvalue weighted by Gasteiger charge is -2.32. The molecule has 8 nitrogen and oxygen atoms in total. The van der Waals surface area contributed by atoms with Crippen LogP contribution in [0.1, 0.15) is 70.1 Å². The fourth-order valence-electron chi connectivity index (χ4n) is 4.27. The molecule has 0 aliphatic carbocycles. The van der Waals surface area contributed by atoms with Gasteiger partial charge in [0.15, 0.2) is 0 Å². The number of anilines is 2. The molecule has 0 atom stereocenters. The Morgan fingerprint density at radius 2 is 1.78 bits per heavy atom. The van der Waals surface area contributed by atoms with Crippen molar-refractivity contribution in [2.75, 3.05) is 23.7 Å². The number of rotatable bonds is 6. The highest BCUT2D eigenvalue weighted by molar-refractivity contribution is 6.04. The van der Waals surface area contributed by atoms with Crippen LogP contribution in [0.25, 0.3) is 0 Å². The summed E-state index contributed by atoms with van der Waals surface area (Å²) in [5.74, 6) is 0.948. The van der Waals surface area contributed by atoms with E-state index in [1.165, 1.54) is 11.8 Å². The predicted octanol–water partition coefficient (Wildman–Crippen LogP) is 4.75. The molecule has 36 heavy (non-hydrogen) atoms. The number of carbonyl (C=O) groups excluding carboxylic acids is 2. The number of nitrogens with zero attached hydrogens (tertiary/aromatic N) is 4. The molecular formula is C28H30N6O2. The van der Waals surface area contributed by atoms with E-state index >= 15 is 0 Å². The quantitative estimate of drug-likeness (QED) is 0.525. The molecule has 0 bridgehead atoms. The van der Waals surface area contributed by atoms with Gasteiger partial charge in [-0.15, -0.1) is 0 Å². The highest BCUT2D eigenvalue weighted by Crippen LogP contribution is 2.29. The summed E-state index contributed by atoms with van der Waals surface area (Å²) >= 11 is 0. The molecule has 0 spiro atoms. The zero-order chi connectivity index (χ0) is 25.7. The molecule has 0 saturated carbocycles. The number of benzene rings is 1. The summed E-state index contributed by atoms with van der Waals surface area (Å²) in [6, 6.07) is 17.0. The first-order chi connectivity index (χ1) is 17.3. The first-order valence-electron chi connectivity index (χ1n) is 12.1. The molecule has 0 radical (unpaired) electrons. The second-order valence-electron chi connectivity index (χ2n) is 9.35. The number of nitriles is 1. The van der Waals surface area contributed by atoms with Crippen LogP contribution in [-0.4, -0.2) is 45.8 Å². The van der Waals surface area contributed by atoms with Gasteiger partial charge in [-0.1, -0.05) is 18.2 Å². The van der Waals surface area contributed by atoms with Gasteiger partial charge in [0.1, 0.15) is 17.3 Å². The highest BCUT2D eigenvalue weighted by Gasteiger charge is 2.26. The minimum absolute atomic E-state index is 0.144. The number of carbonyl (C=O) groups is 2. The maximum absolute atomic E-state index is 13.2. The molecule has 8 heteroatoms. The van der Waals surface area contributed by atoms with E-state index < -0.39 is 0 Å². The smallest absolute Gasteiger partial charge is 0.272 e. The van der Waals surface area contributed by atoms with Gasteiger partial charge in [0.2, 0.25) is 0 Å². The zero-order valence-corrected chi connectivity index (χ0v) is 20.8. The average molecular weight is 483 g/mol. The number of likely N-dealkylation sites (tertiary alicyclic amines) is 1. The number of pyridine rings is 2. The van der Waals surface area contributed by atoms with Gasteiger partial charge in [0.05, 0.1) is 17.2 Å². The van der Waals surface area contributed by atoms with E-state index in [1.54, 1.807) is 24.3 Å². The molecule has 1 fully saturated rings. The number of hydrogen-bond acceptors (Lipinski definition) is 6. The fraction of sp³-hybridized carbons (Fsp3) is 0.321. The first-order valence-corrected chi connectivity index (χ1v) is 12.1. The molecule has 1 aromatic carbocycles. The summed E-state index contributed by atoms with van der Waals surface area (Å²) < 4.78 is 0. The summed E-state index contributed by atoms with van der Waals surface area (Å²) in [5, 5.41) is 15.0. The Labute approximate surface area is 211 Å². The Balaban J connectivity index is 1.39. The average Bonchev–Trinajstić information content (AvgIpc) is 2.89. The van der Waals surface area contributed by atoms with Crippen molar-refractivity contribution < 1.29 is 9.59 Å². The van der Waals surface area contributed by atoms with Crippen molar-refractivity contribution in [2.24, 2.45) is 0 Å². The van der Waals surface area contributed by atoms with Gasteiger partial charge in [-0.05, 0) is 81.0 Å². The summed E-state index contributed by atoms with van der Waals surface area (Å²) in [6.45, 7) is 7.13. The SMILES string of the molecule is Cc1ccc(C(=O)N2CCC(c3ccc(C#N)cc3)CC2)nc1NC(=O)c1ccc(NC(C)C)nc1. The Morgan fingerprint density at radius 3 is 2.39 bits per heavy atom. The van der Waals surface area contributed by atoms with Crippen LogP contribution < -0.4 is 10.6 Å². The van der Waals surface area contributed by atoms with E-state index in [4.69, 9.17) is 5.26 Å². The van der Waals surface area contributed by atoms with E-state index in [9.17, 15) is 9.59 Å². The van der Waals surface area contributed by atoms with Crippen molar-refractivity contribution in [3.8, 4) is 6.07 Å². The second-order valence-corrected chi connectivity index (χ2v) is 9.35. The van der Waals surface area contributed by atoms with Crippen LogP contribution in [0.15, 0.2) is 54.7 Å². The monoisotopic (exact) mass is 482 g/mol. The van der Waals surface area contributed by atoms with Crippen LogP contribution in [0.4, 0.5) is 11.6 Å². The van der Waals surface area contributed by atoms with Crippen LogP contribution in [0.3, 0.4) is 0 Å². The highest BCUT2D eigenvalue weighted by atomic mass is 16.2. The van der Waals surface area contributed by atoms with Crippen LogP contribution in [-0.2, 0) is 0 Å². The lowest BCUT2D eigenvalue weighted by molar-refractivity contribution is 0.0706. The summed E-state index contributed by atoms with van der Waals surface area (Å²) in [6.07, 6.45) is 3.21. The van der Waals surface area contributed by atoms with Gasteiger partial charge >= 0.3 is 0 Å². The van der Waals surface area contributed by atoms with Gasteiger partial charge in [-0.2, -0.15) is 5.26 Å². The molecule has 1 aliphatic heterocycles. The third kappa shape index (κ3) is 5.87. The molecule has 184 valence electrons. The Morgan fingerprint density at radius 1 is 1.06 bits per heavy atom. The maximum Gasteiger partial charge on any atom is 0.272 e. The Bertz CT molecular complexity index is 1270. The van der Waals surface area contributed by atoms with Crippen molar-refractivity contribution in [3.63, 3.8) is 0 Å². The van der Waals surface area contributed by atoms with Crippen LogP contribution in [0, 0.1) is 18.3 Å². The Hall–Kier alpha value is -4.25. The molecule has 2 aromatic heterocycles. The minimum Gasteiger partial charge on any atom is -0.368 e. The van der Waals surface area contributed by atoms with Gasteiger partial charge in [-0.3, -0.25) is 9.59 Å². The van der Waals surface area contributed by atoms with Crippen molar-refractivity contribution in [2.45, 2.75) is 45.6 Å². The second kappa shape index (κ2) is 11.0. The summed E-state index contributed by atoms with van der Waals surface area (Å²) in [4.78, 5) is 36.5. The number of aromatic nitrogens is 2. The van der Waals surface area contributed by atoms with Gasteiger partial charge in [-0.25, -0.2) is 9.97 Å². The van der Waals surface area contributed by atoms with Gasteiger partial charge in [0, 0.05) is 25.3 Å². The predicted molar refractivity (Wildman–Crippen MR) is 139 cm³/mol. The lowest BCUT2D eigenvalue weighted by atomic mass is 9.89. The molecule has 1 saturated heterocycles. The van der Waals surface area contributed by atoms with E-state index in [0.717, 1.165) is 18.4 Å². The lowest BCUT2D eigenvalue weighted by Crippen LogP contribution is -2.38. The summed E-state index contributed by atoms with van der Waals surface area (Å²) in [5.41, 5.74) is 3.33. The molecule has 1 aliphatic rings. The third-order valence-corrected chi connectivity index (χ3v) is 6.30. The molecule has 3 heterocycles. The molecule has 0 unspecified atom stereocenters. The minimum atomic E-state index is -0.331. The van der Waals surface area contributed by atoms with E-state index in [2.05, 4.69) is 26.7 Å². The molecular weight excluding hydrogens is 452 g/mol. The molecule has 2 N–H and O–H groups in total.